The summed E-state index contributed by atoms with van der Waals surface area (Å²) in [6.07, 6.45) is 0. The summed E-state index contributed by atoms with van der Waals surface area (Å²) >= 11 is 0. The van der Waals surface area contributed by atoms with Gasteiger partial charge in [0.15, 0.2) is 0 Å². The fourth-order valence-corrected chi connectivity index (χ4v) is 0. The first-order chi connectivity index (χ1) is 5.00. The Morgan fingerprint density at radius 1 is 0.692 bits per heavy atom. The Balaban J connectivity index is -0.00000000379. The van der Waals surface area contributed by atoms with Gasteiger partial charge in [0.2, 0.25) is 10.1 Å². The summed E-state index contributed by atoms with van der Waals surface area (Å²) in [4.78, 5) is 7.14. The van der Waals surface area contributed by atoms with Gasteiger partial charge in [0.25, 0.3) is 0 Å². The first-order valence-electron chi connectivity index (χ1n) is 3.74. The monoisotopic (exact) mass is 238 g/mol. The summed E-state index contributed by atoms with van der Waals surface area (Å²) < 4.78 is 8.28. The van der Waals surface area contributed by atoms with Gasteiger partial charge >= 0.3 is 0 Å². The van der Waals surface area contributed by atoms with Crippen molar-refractivity contribution in [2.24, 2.45) is 0 Å². The molecule has 0 aromatic rings. The molecule has 0 aromatic heterocycles. The van der Waals surface area contributed by atoms with Crippen LogP contribution in [0.4, 0.5) is 0 Å². The van der Waals surface area contributed by atoms with Crippen LogP contribution in [0.3, 0.4) is 0 Å². The zero-order chi connectivity index (χ0) is 10.0. The molecule has 0 aromatic carbocycles. The largest absolute Gasteiger partial charge is 0.442 e. The van der Waals surface area contributed by atoms with E-state index in [-0.39, 0.29) is 16.4 Å². The van der Waals surface area contributed by atoms with Crippen LogP contribution in [0.1, 0.15) is 41.5 Å². The van der Waals surface area contributed by atoms with E-state index in [1.54, 1.807) is 0 Å². The summed E-state index contributed by atoms with van der Waals surface area (Å²) in [5, 5.41) is 0. The molecular formula is C6H30O5Si2. The summed E-state index contributed by atoms with van der Waals surface area (Å²) in [6.45, 7) is 12.0. The lowest BCUT2D eigenvalue weighted by atomic mass is 11.0. The Kier molecular flexibility index (Phi) is 1550000. The van der Waals surface area contributed by atoms with Gasteiger partial charge in [0.05, 0.1) is 0 Å². The summed E-state index contributed by atoms with van der Waals surface area (Å²) in [5.41, 5.74) is 0. The minimum Gasteiger partial charge on any atom is -0.442 e. The quantitative estimate of drug-likeness (QED) is 0.481. The maximum atomic E-state index is 8.28. The van der Waals surface area contributed by atoms with Crippen molar-refractivity contribution in [1.29, 1.82) is 0 Å². The van der Waals surface area contributed by atoms with Crippen molar-refractivity contribution >= 4 is 20.6 Å². The van der Waals surface area contributed by atoms with Crippen molar-refractivity contribution in [2.75, 3.05) is 0 Å². The van der Waals surface area contributed by atoms with Crippen LogP contribution in [0, 0.1) is 0 Å². The predicted octanol–water partition coefficient (Wildman–Crippen LogP) is -2.17. The Hall–Kier alpha value is 0.0738. The molecule has 0 amide bonds. The Morgan fingerprint density at radius 2 is 0.692 bits per heavy atom. The first kappa shape index (κ1) is 74.0. The van der Waals surface area contributed by atoms with Gasteiger partial charge < -0.3 is 25.7 Å². The fraction of sp³-hybridized carbons (Fsp3) is 1.00. The van der Waals surface area contributed by atoms with Gasteiger partial charge in [-0.3, -0.25) is 0 Å². The third-order valence-corrected chi connectivity index (χ3v) is 0. The molecule has 0 spiro atoms. The molecule has 0 unspecified atom stereocenters. The van der Waals surface area contributed by atoms with E-state index in [4.69, 9.17) is 9.26 Å². The molecule has 13 heavy (non-hydrogen) atoms. The van der Waals surface area contributed by atoms with Gasteiger partial charge in [-0.05, 0) is 0 Å². The molecule has 0 aliphatic rings. The molecule has 0 rings (SSSR count). The first-order valence-corrected chi connectivity index (χ1v) is 5.21. The predicted molar refractivity (Wildman–Crippen MR) is 66.3 cm³/mol. The minimum atomic E-state index is 0. The maximum Gasteiger partial charge on any atom is 0.245 e. The van der Waals surface area contributed by atoms with E-state index in [1.807, 2.05) is 41.5 Å². The highest BCUT2D eigenvalue weighted by Gasteiger charge is 0.936. The smallest absolute Gasteiger partial charge is 0.245 e. The number of rotatable bonds is 0. The molecule has 0 atom stereocenters. The highest BCUT2D eigenvalue weighted by molar-refractivity contribution is 5.95. The zero-order valence-corrected chi connectivity index (χ0v) is 13.5. The standard InChI is InChI=1S/3C2H6.H4OSi.H2OSi.3H2O/c5*1-2;;;/h3*1-2H3;1H,2H3;2H2;3*1H2. The normalized spacial score (nSPS) is 2.38. The van der Waals surface area contributed by atoms with Crippen LogP contribution in [0.5, 0.6) is 0 Å². The van der Waals surface area contributed by atoms with E-state index in [0.29, 0.717) is 20.6 Å². The van der Waals surface area contributed by atoms with Crippen LogP contribution in [-0.2, 0) is 4.46 Å². The van der Waals surface area contributed by atoms with Gasteiger partial charge in [-0.2, -0.15) is 0 Å². The Morgan fingerprint density at radius 3 is 0.692 bits per heavy atom. The van der Waals surface area contributed by atoms with Crippen LogP contribution < -0.4 is 0 Å². The van der Waals surface area contributed by atoms with Crippen LogP contribution in [0.2, 0.25) is 0 Å². The number of hydrogen-bond acceptors (Lipinski definition) is 2. The van der Waals surface area contributed by atoms with Crippen LogP contribution in [0.15, 0.2) is 0 Å². The van der Waals surface area contributed by atoms with Crippen molar-refractivity contribution < 1.29 is 25.7 Å². The van der Waals surface area contributed by atoms with E-state index >= 15 is 0 Å². The molecule has 0 aliphatic heterocycles. The molecule has 0 aliphatic carbocycles. The molecule has 0 saturated heterocycles. The summed E-state index contributed by atoms with van der Waals surface area (Å²) in [7, 11) is 0.917. The highest BCUT2D eigenvalue weighted by atomic mass is 28.2. The lowest BCUT2D eigenvalue weighted by Crippen LogP contribution is -1.34. The molecule has 5 nitrogen and oxygen atoms in total. The molecule has 0 bridgehead atoms. The van der Waals surface area contributed by atoms with Crippen LogP contribution in [-0.4, -0.2) is 41.8 Å². The topological polar surface area (TPSA) is 132 Å². The molecule has 0 fully saturated rings. The average molecular weight is 238 g/mol. The average Bonchev–Trinajstić information content (AvgIpc) is 2.20. The summed E-state index contributed by atoms with van der Waals surface area (Å²) in [5.74, 6) is 0. The van der Waals surface area contributed by atoms with Gasteiger partial charge in [-0.15, -0.1) is 0 Å². The van der Waals surface area contributed by atoms with Gasteiger partial charge in [0.1, 0.15) is 10.5 Å². The van der Waals surface area contributed by atoms with Crippen molar-refractivity contribution in [3.63, 3.8) is 0 Å². The van der Waals surface area contributed by atoms with Crippen LogP contribution >= 0.6 is 0 Å². The van der Waals surface area contributed by atoms with Crippen molar-refractivity contribution in [1.82, 2.24) is 0 Å². The molecule has 7 heteroatoms. The maximum absolute atomic E-state index is 8.28. The van der Waals surface area contributed by atoms with E-state index < -0.39 is 0 Å². The lowest BCUT2D eigenvalue weighted by Gasteiger charge is -1.19. The molecule has 0 saturated carbocycles. The van der Waals surface area contributed by atoms with Crippen molar-refractivity contribution in [2.45, 2.75) is 41.5 Å². The zero-order valence-electron chi connectivity index (χ0n) is 10.1. The van der Waals surface area contributed by atoms with Gasteiger partial charge in [0, 0.05) is 0 Å². The highest BCUT2D eigenvalue weighted by Crippen LogP contribution is 1.15. The van der Waals surface area contributed by atoms with E-state index in [1.165, 1.54) is 0 Å². The Bertz CT molecular complexity index is 19.0. The molecule has 7 N–H and O–H groups in total. The van der Waals surface area contributed by atoms with E-state index in [2.05, 4.69) is 0 Å². The second-order valence-electron chi connectivity index (χ2n) is 0. The SMILES string of the molecule is CC.CC.CC.O.O.O.O=[SiH2].O[SiH3]. The van der Waals surface area contributed by atoms with Crippen LogP contribution in [0.25, 0.3) is 0 Å². The van der Waals surface area contributed by atoms with Crippen molar-refractivity contribution in [3.8, 4) is 0 Å². The molecule has 92 valence electrons. The Labute approximate surface area is 88.5 Å². The van der Waals surface area contributed by atoms with Gasteiger partial charge in [-0.1, -0.05) is 41.5 Å². The summed E-state index contributed by atoms with van der Waals surface area (Å²) in [6, 6.07) is 0. The number of hydrogen-bond donors (Lipinski definition) is 1. The fourth-order valence-electron chi connectivity index (χ4n) is 0. The molecule has 0 radical (unpaired) electrons. The third-order valence-electron chi connectivity index (χ3n) is 0. The second-order valence-corrected chi connectivity index (χ2v) is 0. The van der Waals surface area contributed by atoms with Crippen molar-refractivity contribution in [3.05, 3.63) is 0 Å². The van der Waals surface area contributed by atoms with Gasteiger partial charge in [-0.25, -0.2) is 0 Å². The molecular weight excluding hydrogens is 208 g/mol. The van der Waals surface area contributed by atoms with E-state index in [9.17, 15) is 0 Å². The third kappa shape index (κ3) is 225000. The second kappa shape index (κ2) is 272000. The molecule has 0 heterocycles. The van der Waals surface area contributed by atoms with E-state index in [0.717, 1.165) is 0 Å². The lowest BCUT2D eigenvalue weighted by molar-refractivity contribution is 0.590. The minimum absolute atomic E-state index is 0.